The molecule has 4 rings (SSSR count). The molecule has 4 nitrogen and oxygen atoms in total. The topological polar surface area (TPSA) is 17.6 Å². The molecule has 0 bridgehead atoms. The van der Waals surface area contributed by atoms with Gasteiger partial charge in [-0.15, -0.1) is 0 Å². The van der Waals surface area contributed by atoms with Crippen molar-refractivity contribution in [3.8, 4) is 11.4 Å². The zero-order valence-electron chi connectivity index (χ0n) is 18.6. The Morgan fingerprint density at radius 2 is 0.931 bits per heavy atom. The van der Waals surface area contributed by atoms with Gasteiger partial charge in [0, 0.05) is 0 Å². The van der Waals surface area contributed by atoms with Crippen LogP contribution in [-0.4, -0.2) is 16.7 Å². The Bertz CT molecular complexity index is 1060. The van der Waals surface area contributed by atoms with Gasteiger partial charge >= 0.3 is 7.55 Å². The van der Waals surface area contributed by atoms with Gasteiger partial charge in [-0.05, 0) is 63.8 Å². The van der Waals surface area contributed by atoms with Gasteiger partial charge in [0.2, 0.25) is 12.7 Å². The molecule has 0 unspecified atom stereocenters. The molecule has 0 aliphatic heterocycles. The summed E-state index contributed by atoms with van der Waals surface area (Å²) in [6.07, 6.45) is 13.1. The first-order valence-electron chi connectivity index (χ1n) is 10.4. The Balaban J connectivity index is 1.60. The Kier molecular flexibility index (Phi) is 4.91. The highest BCUT2D eigenvalue weighted by molar-refractivity contribution is 6.11. The maximum Gasteiger partial charge on any atom is 0.356 e. The second-order valence-electron chi connectivity index (χ2n) is 8.67. The van der Waals surface area contributed by atoms with E-state index >= 15 is 0 Å². The fraction of sp³-hybridized carbons (Fsp3) is 0.250. The molecule has 2 aromatic heterocycles. The molecule has 0 fully saturated rings. The molecular formula is C24H30BN4+. The minimum absolute atomic E-state index is 0.531. The highest BCUT2D eigenvalue weighted by Gasteiger charge is 2.14. The number of aromatic nitrogens is 4. The maximum atomic E-state index is 2.33. The van der Waals surface area contributed by atoms with Crippen molar-refractivity contribution < 1.29 is 8.96 Å². The van der Waals surface area contributed by atoms with E-state index in [9.17, 15) is 0 Å². The van der Waals surface area contributed by atoms with Crippen molar-refractivity contribution in [2.45, 2.75) is 41.5 Å². The van der Waals surface area contributed by atoms with Crippen LogP contribution in [0.25, 0.3) is 11.4 Å². The summed E-state index contributed by atoms with van der Waals surface area (Å²) in [4.78, 5) is 0. The summed E-state index contributed by atoms with van der Waals surface area (Å²) in [6, 6.07) is 9.02. The molecule has 2 aromatic carbocycles. The number of rotatable bonds is 4. The van der Waals surface area contributed by atoms with E-state index in [1.165, 1.54) is 44.8 Å². The molecule has 4 aromatic rings. The normalized spacial score (nSPS) is 11.2. The third-order valence-corrected chi connectivity index (χ3v) is 5.79. The molecule has 0 radical (unpaired) electrons. The van der Waals surface area contributed by atoms with Crippen LogP contribution in [0.1, 0.15) is 33.4 Å². The first kappa shape index (κ1) is 19.3. The molecule has 148 valence electrons. The molecule has 0 spiro atoms. The number of nitrogens with zero attached hydrogens (tertiary/aromatic N) is 4. The molecule has 0 aliphatic rings. The van der Waals surface area contributed by atoms with E-state index < -0.39 is 7.55 Å². The smallest absolute Gasteiger partial charge is 0.356 e. The predicted octanol–water partition coefficient (Wildman–Crippen LogP) is 3.09. The van der Waals surface area contributed by atoms with Crippen LogP contribution in [0.3, 0.4) is 0 Å². The molecule has 0 amide bonds. The monoisotopic (exact) mass is 385 g/mol. The Morgan fingerprint density at radius 1 is 0.586 bits per heavy atom. The molecule has 29 heavy (non-hydrogen) atoms. The number of hydrogen-bond donors (Lipinski definition) is 0. The van der Waals surface area contributed by atoms with E-state index in [4.69, 9.17) is 0 Å². The van der Waals surface area contributed by atoms with Gasteiger partial charge in [-0.25, -0.2) is 9.13 Å². The Hall–Kier alpha value is -3.08. The van der Waals surface area contributed by atoms with E-state index in [-0.39, 0.29) is 0 Å². The van der Waals surface area contributed by atoms with Crippen molar-refractivity contribution >= 4 is 7.55 Å². The van der Waals surface area contributed by atoms with Gasteiger partial charge in [0.1, 0.15) is 23.8 Å². The maximum absolute atomic E-state index is 2.33. The average Bonchev–Trinajstić information content (AvgIpc) is 3.23. The minimum Gasteiger partial charge on any atom is -0.398 e. The lowest BCUT2D eigenvalue weighted by molar-refractivity contribution is -0.658. The number of benzene rings is 2. The predicted molar refractivity (Wildman–Crippen MR) is 120 cm³/mol. The van der Waals surface area contributed by atoms with E-state index in [0.29, 0.717) is 0 Å². The minimum atomic E-state index is -0.531. The Labute approximate surface area is 174 Å². The molecule has 0 saturated carbocycles. The fourth-order valence-electron chi connectivity index (χ4n) is 4.83. The summed E-state index contributed by atoms with van der Waals surface area (Å²) >= 11 is 0. The van der Waals surface area contributed by atoms with Crippen LogP contribution in [0.15, 0.2) is 61.7 Å². The zero-order chi connectivity index (χ0) is 20.7. The Morgan fingerprint density at radius 3 is 1.28 bits per heavy atom. The van der Waals surface area contributed by atoms with E-state index in [2.05, 4.69) is 121 Å². The van der Waals surface area contributed by atoms with Crippen molar-refractivity contribution in [3.63, 3.8) is 0 Å². The van der Waals surface area contributed by atoms with Gasteiger partial charge in [0.15, 0.2) is 0 Å². The van der Waals surface area contributed by atoms with E-state index in [1.54, 1.807) is 0 Å². The molecule has 0 N–H and O–H groups in total. The summed E-state index contributed by atoms with van der Waals surface area (Å²) < 4.78 is 9.16. The van der Waals surface area contributed by atoms with Gasteiger partial charge in [0.05, 0.1) is 12.4 Å². The zero-order valence-corrected chi connectivity index (χ0v) is 18.6. The lowest BCUT2D eigenvalue weighted by Gasteiger charge is -2.08. The number of aryl methyl sites for hydroxylation is 6. The SMILES string of the molecule is Cc1cc(C)c(-n2cc[n+]([BH2-][n+]3ccn(-c4c(C)cc(C)cc4C)c3)c2)c(C)c1. The summed E-state index contributed by atoms with van der Waals surface area (Å²) in [5, 5.41) is 0. The third-order valence-electron chi connectivity index (χ3n) is 5.79. The molecule has 0 aliphatic carbocycles. The number of hydrogen-bond acceptors (Lipinski definition) is 0. The van der Waals surface area contributed by atoms with E-state index in [0.717, 1.165) is 0 Å². The molecule has 5 heteroatoms. The largest absolute Gasteiger partial charge is 0.398 e. The van der Waals surface area contributed by atoms with Gasteiger partial charge in [-0.1, -0.05) is 35.4 Å². The first-order valence-corrected chi connectivity index (χ1v) is 10.4. The summed E-state index contributed by atoms with van der Waals surface area (Å²) in [6.45, 7) is 13.1. The standard InChI is InChI=1S/C24H30BN4/c1-17-11-19(3)23(20(4)12-17)26-7-9-28(15-26)25-29-10-8-27(16-29)24-21(5)13-18(2)14-22(24)6/h7-16H,25H2,1-6H3/q+1. The summed E-state index contributed by atoms with van der Waals surface area (Å²) in [5.41, 5.74) is 10.5. The summed E-state index contributed by atoms with van der Waals surface area (Å²) in [7, 11) is -0.531. The van der Waals surface area contributed by atoms with Crippen LogP contribution in [0, 0.1) is 41.5 Å². The van der Waals surface area contributed by atoms with Crippen molar-refractivity contribution in [1.82, 2.24) is 9.13 Å². The molecular weight excluding hydrogens is 355 g/mol. The molecule has 0 saturated heterocycles. The lowest BCUT2D eigenvalue weighted by atomic mass is 10.1. The molecule has 0 atom stereocenters. The van der Waals surface area contributed by atoms with Crippen LogP contribution in [0.4, 0.5) is 0 Å². The highest BCUT2D eigenvalue weighted by atomic mass is 15.2. The lowest BCUT2D eigenvalue weighted by Crippen LogP contribution is -2.57. The van der Waals surface area contributed by atoms with Crippen molar-refractivity contribution in [2.75, 3.05) is 0 Å². The van der Waals surface area contributed by atoms with Crippen LogP contribution in [-0.2, 0) is 0 Å². The van der Waals surface area contributed by atoms with Crippen LogP contribution in [0.5, 0.6) is 0 Å². The van der Waals surface area contributed by atoms with Crippen molar-refractivity contribution in [3.05, 3.63) is 95.1 Å². The first-order chi connectivity index (χ1) is 13.8. The highest BCUT2D eigenvalue weighted by Crippen LogP contribution is 2.21. The van der Waals surface area contributed by atoms with Gasteiger partial charge in [-0.2, -0.15) is 0 Å². The van der Waals surface area contributed by atoms with Crippen LogP contribution in [0.2, 0.25) is 0 Å². The van der Waals surface area contributed by atoms with Gasteiger partial charge < -0.3 is 8.96 Å². The van der Waals surface area contributed by atoms with Gasteiger partial charge in [0.25, 0.3) is 0 Å². The van der Waals surface area contributed by atoms with Crippen LogP contribution < -0.4 is 8.96 Å². The van der Waals surface area contributed by atoms with Crippen molar-refractivity contribution in [2.24, 2.45) is 0 Å². The average molecular weight is 385 g/mol. The second-order valence-corrected chi connectivity index (χ2v) is 8.67. The third kappa shape index (κ3) is 3.77. The van der Waals surface area contributed by atoms with Gasteiger partial charge in [-0.3, -0.25) is 0 Å². The summed E-state index contributed by atoms with van der Waals surface area (Å²) in [5.74, 6) is 0. The quantitative estimate of drug-likeness (QED) is 0.481. The number of imidazole rings is 2. The van der Waals surface area contributed by atoms with Crippen LogP contribution >= 0.6 is 0 Å². The second kappa shape index (κ2) is 7.39. The van der Waals surface area contributed by atoms with Crippen molar-refractivity contribution in [1.29, 1.82) is 0 Å². The molecule has 2 heterocycles. The fourth-order valence-corrected chi connectivity index (χ4v) is 4.83. The van der Waals surface area contributed by atoms with E-state index in [1.807, 2.05) is 0 Å².